The molecule has 0 amide bonds. The number of rotatable bonds is 25. The van der Waals surface area contributed by atoms with Gasteiger partial charge < -0.3 is 37.9 Å². The SMILES string of the molecule is C=COCCOCCOCCOCCOCCOCCOCCOCCCC. The largest absolute Gasteiger partial charge is 0.499 e. The van der Waals surface area contributed by atoms with Gasteiger partial charge in [-0.15, -0.1) is 0 Å². The second-order valence-electron chi connectivity index (χ2n) is 5.68. The van der Waals surface area contributed by atoms with E-state index in [4.69, 9.17) is 37.9 Å². The van der Waals surface area contributed by atoms with Gasteiger partial charge in [0, 0.05) is 6.61 Å². The highest BCUT2D eigenvalue weighted by molar-refractivity contribution is 4.47. The average Bonchev–Trinajstić information content (AvgIpc) is 2.71. The molecule has 0 unspecified atom stereocenters. The molecular weight excluding hydrogens is 368 g/mol. The Kier molecular flexibility index (Phi) is 25.6. The first-order valence-corrected chi connectivity index (χ1v) is 10.2. The maximum Gasteiger partial charge on any atom is 0.111 e. The van der Waals surface area contributed by atoms with E-state index in [1.54, 1.807) is 0 Å². The summed E-state index contributed by atoms with van der Waals surface area (Å²) in [7, 11) is 0. The molecule has 0 heterocycles. The molecule has 0 aliphatic rings. The minimum atomic E-state index is 0.514. The van der Waals surface area contributed by atoms with Crippen LogP contribution in [0.2, 0.25) is 0 Å². The third-order valence-corrected chi connectivity index (χ3v) is 3.34. The van der Waals surface area contributed by atoms with Gasteiger partial charge in [0.2, 0.25) is 0 Å². The fourth-order valence-corrected chi connectivity index (χ4v) is 1.86. The quantitative estimate of drug-likeness (QED) is 0.168. The molecule has 0 rings (SSSR count). The fourth-order valence-electron chi connectivity index (χ4n) is 1.86. The molecule has 0 aromatic heterocycles. The van der Waals surface area contributed by atoms with Crippen LogP contribution in [0.4, 0.5) is 0 Å². The van der Waals surface area contributed by atoms with Crippen LogP contribution in [0, 0.1) is 0 Å². The van der Waals surface area contributed by atoms with Gasteiger partial charge in [0.05, 0.1) is 92.2 Å². The van der Waals surface area contributed by atoms with E-state index in [2.05, 4.69) is 13.5 Å². The first kappa shape index (κ1) is 27.3. The van der Waals surface area contributed by atoms with Crippen LogP contribution in [0.3, 0.4) is 0 Å². The van der Waals surface area contributed by atoms with Crippen LogP contribution in [-0.4, -0.2) is 99.1 Å². The van der Waals surface area contributed by atoms with Crippen molar-refractivity contribution in [3.05, 3.63) is 12.8 Å². The smallest absolute Gasteiger partial charge is 0.111 e. The van der Waals surface area contributed by atoms with Crippen molar-refractivity contribution in [1.29, 1.82) is 0 Å². The van der Waals surface area contributed by atoms with E-state index in [0.29, 0.717) is 92.5 Å². The van der Waals surface area contributed by atoms with Gasteiger partial charge in [-0.3, -0.25) is 0 Å². The zero-order valence-corrected chi connectivity index (χ0v) is 17.6. The normalized spacial score (nSPS) is 11.0. The molecule has 0 aliphatic carbocycles. The van der Waals surface area contributed by atoms with E-state index in [-0.39, 0.29) is 0 Å². The summed E-state index contributed by atoms with van der Waals surface area (Å²) in [5.41, 5.74) is 0. The van der Waals surface area contributed by atoms with Crippen molar-refractivity contribution in [3.63, 3.8) is 0 Å². The van der Waals surface area contributed by atoms with Crippen molar-refractivity contribution in [2.45, 2.75) is 19.8 Å². The first-order valence-electron chi connectivity index (χ1n) is 10.2. The molecule has 0 spiro atoms. The van der Waals surface area contributed by atoms with Crippen molar-refractivity contribution in [1.82, 2.24) is 0 Å². The van der Waals surface area contributed by atoms with Gasteiger partial charge in [0.25, 0.3) is 0 Å². The van der Waals surface area contributed by atoms with E-state index < -0.39 is 0 Å². The lowest BCUT2D eigenvalue weighted by molar-refractivity contribution is -0.0217. The minimum absolute atomic E-state index is 0.514. The molecule has 0 radical (unpaired) electrons. The Morgan fingerprint density at radius 3 is 1.04 bits per heavy atom. The Labute approximate surface area is 170 Å². The Morgan fingerprint density at radius 1 is 0.464 bits per heavy atom. The zero-order chi connectivity index (χ0) is 20.4. The van der Waals surface area contributed by atoms with Crippen molar-refractivity contribution in [2.75, 3.05) is 99.1 Å². The van der Waals surface area contributed by atoms with E-state index in [1.807, 2.05) is 0 Å². The van der Waals surface area contributed by atoms with E-state index in [9.17, 15) is 0 Å². The van der Waals surface area contributed by atoms with Crippen LogP contribution in [-0.2, 0) is 37.9 Å². The highest BCUT2D eigenvalue weighted by atomic mass is 16.6. The van der Waals surface area contributed by atoms with Gasteiger partial charge in [-0.1, -0.05) is 19.9 Å². The molecule has 0 aromatic carbocycles. The predicted octanol–water partition coefficient (Wildman–Crippen LogP) is 2.06. The van der Waals surface area contributed by atoms with Gasteiger partial charge in [-0.25, -0.2) is 0 Å². The molecule has 0 N–H and O–H groups in total. The summed E-state index contributed by atoms with van der Waals surface area (Å²) < 4.78 is 42.6. The fraction of sp³-hybridized carbons (Fsp3) is 0.900. The topological polar surface area (TPSA) is 73.8 Å². The molecule has 0 saturated heterocycles. The van der Waals surface area contributed by atoms with Crippen molar-refractivity contribution in [3.8, 4) is 0 Å². The van der Waals surface area contributed by atoms with Crippen molar-refractivity contribution in [2.24, 2.45) is 0 Å². The minimum Gasteiger partial charge on any atom is -0.499 e. The van der Waals surface area contributed by atoms with Crippen molar-refractivity contribution >= 4 is 0 Å². The maximum absolute atomic E-state index is 5.42. The average molecular weight is 409 g/mol. The molecule has 8 heteroatoms. The molecule has 0 fully saturated rings. The Morgan fingerprint density at radius 2 is 0.750 bits per heavy atom. The lowest BCUT2D eigenvalue weighted by atomic mass is 10.4. The summed E-state index contributed by atoms with van der Waals surface area (Å²) in [5, 5.41) is 0. The number of ether oxygens (including phenoxy) is 8. The van der Waals surface area contributed by atoms with Gasteiger partial charge >= 0.3 is 0 Å². The molecule has 0 aromatic rings. The lowest BCUT2D eigenvalue weighted by Gasteiger charge is -2.08. The second kappa shape index (κ2) is 26.3. The Balaban J connectivity index is 2.97. The number of unbranched alkanes of at least 4 members (excludes halogenated alkanes) is 1. The van der Waals surface area contributed by atoms with Crippen LogP contribution in [0.15, 0.2) is 12.8 Å². The molecule has 0 bridgehead atoms. The second-order valence-corrected chi connectivity index (χ2v) is 5.68. The Bertz CT molecular complexity index is 291. The standard InChI is InChI=1S/C20H40O8/c1-3-5-6-22-9-10-24-13-14-26-17-18-28-20-19-27-16-15-25-12-11-23-8-7-21-4-2/h4H,2-3,5-20H2,1H3. The molecule has 8 nitrogen and oxygen atoms in total. The summed E-state index contributed by atoms with van der Waals surface area (Å²) >= 11 is 0. The first-order chi connectivity index (χ1) is 13.9. The highest BCUT2D eigenvalue weighted by Gasteiger charge is 1.94. The summed E-state index contributed by atoms with van der Waals surface area (Å²) in [6, 6.07) is 0. The summed E-state index contributed by atoms with van der Waals surface area (Å²) in [5.74, 6) is 0. The van der Waals surface area contributed by atoms with Crippen LogP contribution < -0.4 is 0 Å². The van der Waals surface area contributed by atoms with Gasteiger partial charge in [0.1, 0.15) is 6.61 Å². The summed E-state index contributed by atoms with van der Waals surface area (Å²) in [4.78, 5) is 0. The molecule has 0 aliphatic heterocycles. The van der Waals surface area contributed by atoms with Crippen LogP contribution in [0.1, 0.15) is 19.8 Å². The molecular formula is C20H40O8. The number of hydrogen-bond acceptors (Lipinski definition) is 8. The Hall–Kier alpha value is -0.740. The van der Waals surface area contributed by atoms with Gasteiger partial charge in [0.15, 0.2) is 0 Å². The molecule has 28 heavy (non-hydrogen) atoms. The van der Waals surface area contributed by atoms with Gasteiger partial charge in [-0.2, -0.15) is 0 Å². The highest BCUT2D eigenvalue weighted by Crippen LogP contribution is 1.88. The maximum atomic E-state index is 5.42. The summed E-state index contributed by atoms with van der Waals surface area (Å²) in [6.45, 7) is 14.2. The third-order valence-electron chi connectivity index (χ3n) is 3.34. The lowest BCUT2D eigenvalue weighted by Crippen LogP contribution is -2.14. The molecule has 168 valence electrons. The van der Waals surface area contributed by atoms with Crippen LogP contribution in [0.5, 0.6) is 0 Å². The third kappa shape index (κ3) is 25.3. The van der Waals surface area contributed by atoms with E-state index in [0.717, 1.165) is 19.4 Å². The zero-order valence-electron chi connectivity index (χ0n) is 17.6. The van der Waals surface area contributed by atoms with E-state index in [1.165, 1.54) is 6.26 Å². The van der Waals surface area contributed by atoms with E-state index >= 15 is 0 Å². The molecule has 0 atom stereocenters. The van der Waals surface area contributed by atoms with Crippen molar-refractivity contribution < 1.29 is 37.9 Å². The summed E-state index contributed by atoms with van der Waals surface area (Å²) in [6.07, 6.45) is 3.66. The van der Waals surface area contributed by atoms with Crippen LogP contribution in [0.25, 0.3) is 0 Å². The molecule has 0 saturated carbocycles. The monoisotopic (exact) mass is 408 g/mol. The van der Waals surface area contributed by atoms with Gasteiger partial charge in [-0.05, 0) is 6.42 Å². The number of hydrogen-bond donors (Lipinski definition) is 0. The van der Waals surface area contributed by atoms with Crippen LogP contribution >= 0.6 is 0 Å². The predicted molar refractivity (Wildman–Crippen MR) is 107 cm³/mol.